The SMILES string of the molecule is CC(C)CC(Cl)CNCc1ccn(C)n1. The zero-order valence-electron chi connectivity index (χ0n) is 9.70. The van der Waals surface area contributed by atoms with Gasteiger partial charge in [-0.25, -0.2) is 0 Å². The maximum Gasteiger partial charge on any atom is 0.0762 e. The highest BCUT2D eigenvalue weighted by atomic mass is 35.5. The average molecular weight is 230 g/mol. The Morgan fingerprint density at radius 2 is 2.27 bits per heavy atom. The molecule has 0 bridgehead atoms. The van der Waals surface area contributed by atoms with Gasteiger partial charge in [0.1, 0.15) is 0 Å². The predicted octanol–water partition coefficient (Wildman–Crippen LogP) is 2.16. The zero-order chi connectivity index (χ0) is 11.3. The molecule has 1 atom stereocenters. The molecule has 0 amide bonds. The molecule has 0 fully saturated rings. The average Bonchev–Trinajstić information content (AvgIpc) is 2.50. The van der Waals surface area contributed by atoms with E-state index >= 15 is 0 Å². The first-order chi connectivity index (χ1) is 7.08. The van der Waals surface area contributed by atoms with Crippen molar-refractivity contribution in [2.45, 2.75) is 32.2 Å². The first kappa shape index (κ1) is 12.5. The van der Waals surface area contributed by atoms with E-state index in [0.29, 0.717) is 5.92 Å². The van der Waals surface area contributed by atoms with Crippen molar-refractivity contribution in [1.29, 1.82) is 0 Å². The fraction of sp³-hybridized carbons (Fsp3) is 0.727. The summed E-state index contributed by atoms with van der Waals surface area (Å²) in [5.41, 5.74) is 1.06. The van der Waals surface area contributed by atoms with Crippen molar-refractivity contribution < 1.29 is 0 Å². The Hall–Kier alpha value is -0.540. The summed E-state index contributed by atoms with van der Waals surface area (Å²) in [6.07, 6.45) is 3.00. The van der Waals surface area contributed by atoms with Gasteiger partial charge in [-0.3, -0.25) is 4.68 Å². The van der Waals surface area contributed by atoms with Crippen molar-refractivity contribution in [2.75, 3.05) is 6.54 Å². The van der Waals surface area contributed by atoms with Crippen LogP contribution in [0.3, 0.4) is 0 Å². The van der Waals surface area contributed by atoms with Crippen molar-refractivity contribution in [2.24, 2.45) is 13.0 Å². The fourth-order valence-electron chi connectivity index (χ4n) is 1.51. The van der Waals surface area contributed by atoms with Gasteiger partial charge in [0.05, 0.1) is 5.69 Å². The quantitative estimate of drug-likeness (QED) is 0.758. The maximum absolute atomic E-state index is 6.16. The van der Waals surface area contributed by atoms with E-state index in [-0.39, 0.29) is 5.38 Å². The van der Waals surface area contributed by atoms with Gasteiger partial charge in [0.2, 0.25) is 0 Å². The van der Waals surface area contributed by atoms with Gasteiger partial charge < -0.3 is 5.32 Å². The molecule has 0 aliphatic rings. The van der Waals surface area contributed by atoms with Gasteiger partial charge in [0.25, 0.3) is 0 Å². The Bertz CT molecular complexity index is 283. The predicted molar refractivity (Wildman–Crippen MR) is 64.0 cm³/mol. The summed E-state index contributed by atoms with van der Waals surface area (Å²) in [6.45, 7) is 6.01. The third kappa shape index (κ3) is 5.19. The second-order valence-corrected chi connectivity index (χ2v) is 4.96. The molecular formula is C11H20ClN3. The van der Waals surface area contributed by atoms with E-state index in [9.17, 15) is 0 Å². The van der Waals surface area contributed by atoms with Gasteiger partial charge in [-0.05, 0) is 18.4 Å². The van der Waals surface area contributed by atoms with Crippen LogP contribution >= 0.6 is 11.6 Å². The number of nitrogens with one attached hydrogen (secondary N) is 1. The Morgan fingerprint density at radius 1 is 1.53 bits per heavy atom. The number of halogens is 1. The van der Waals surface area contributed by atoms with Crippen LogP contribution in [-0.4, -0.2) is 21.7 Å². The summed E-state index contributed by atoms with van der Waals surface area (Å²) in [4.78, 5) is 0. The molecule has 1 aromatic rings. The second kappa shape index (κ2) is 6.13. The van der Waals surface area contributed by atoms with Gasteiger partial charge in [0.15, 0.2) is 0 Å². The minimum Gasteiger partial charge on any atom is -0.310 e. The van der Waals surface area contributed by atoms with Gasteiger partial charge in [-0.15, -0.1) is 11.6 Å². The zero-order valence-corrected chi connectivity index (χ0v) is 10.5. The molecular weight excluding hydrogens is 210 g/mol. The van der Waals surface area contributed by atoms with Crippen LogP contribution < -0.4 is 5.32 Å². The molecule has 0 saturated carbocycles. The van der Waals surface area contributed by atoms with Crippen LogP contribution in [0.2, 0.25) is 0 Å². The molecule has 1 N–H and O–H groups in total. The van der Waals surface area contributed by atoms with Gasteiger partial charge in [0, 0.05) is 31.7 Å². The molecule has 4 heteroatoms. The Balaban J connectivity index is 2.16. The lowest BCUT2D eigenvalue weighted by molar-refractivity contribution is 0.530. The largest absolute Gasteiger partial charge is 0.310 e. The van der Waals surface area contributed by atoms with Crippen LogP contribution in [0.4, 0.5) is 0 Å². The molecule has 1 unspecified atom stereocenters. The highest BCUT2D eigenvalue weighted by molar-refractivity contribution is 6.20. The van der Waals surface area contributed by atoms with Crippen molar-refractivity contribution >= 4 is 11.6 Å². The maximum atomic E-state index is 6.16. The molecule has 1 aromatic heterocycles. The molecule has 1 heterocycles. The lowest BCUT2D eigenvalue weighted by atomic mass is 10.1. The fourth-order valence-corrected chi connectivity index (χ4v) is 1.97. The molecule has 86 valence electrons. The van der Waals surface area contributed by atoms with E-state index in [1.807, 2.05) is 24.0 Å². The Kier molecular flexibility index (Phi) is 5.12. The third-order valence-corrected chi connectivity index (χ3v) is 2.50. The number of hydrogen-bond acceptors (Lipinski definition) is 2. The minimum absolute atomic E-state index is 0.216. The molecule has 0 saturated heterocycles. The molecule has 15 heavy (non-hydrogen) atoms. The van der Waals surface area contributed by atoms with Crippen LogP contribution in [0.1, 0.15) is 26.0 Å². The van der Waals surface area contributed by atoms with Crippen molar-refractivity contribution in [3.8, 4) is 0 Å². The van der Waals surface area contributed by atoms with Crippen molar-refractivity contribution in [3.05, 3.63) is 18.0 Å². The van der Waals surface area contributed by atoms with E-state index in [1.165, 1.54) is 0 Å². The van der Waals surface area contributed by atoms with E-state index in [4.69, 9.17) is 11.6 Å². The van der Waals surface area contributed by atoms with Crippen LogP contribution in [0.25, 0.3) is 0 Å². The lowest BCUT2D eigenvalue weighted by Crippen LogP contribution is -2.24. The number of alkyl halides is 1. The van der Waals surface area contributed by atoms with Crippen LogP contribution in [-0.2, 0) is 13.6 Å². The number of nitrogens with zero attached hydrogens (tertiary/aromatic N) is 2. The minimum atomic E-state index is 0.216. The molecule has 0 aliphatic carbocycles. The van der Waals surface area contributed by atoms with E-state index in [2.05, 4.69) is 24.3 Å². The first-order valence-corrected chi connectivity index (χ1v) is 5.85. The summed E-state index contributed by atoms with van der Waals surface area (Å²) >= 11 is 6.16. The second-order valence-electron chi connectivity index (χ2n) is 4.34. The van der Waals surface area contributed by atoms with Gasteiger partial charge in [-0.1, -0.05) is 13.8 Å². The van der Waals surface area contributed by atoms with Crippen molar-refractivity contribution in [3.63, 3.8) is 0 Å². The normalized spacial score (nSPS) is 13.4. The molecule has 1 rings (SSSR count). The van der Waals surface area contributed by atoms with E-state index in [1.54, 1.807) is 0 Å². The van der Waals surface area contributed by atoms with E-state index in [0.717, 1.165) is 25.2 Å². The Morgan fingerprint density at radius 3 is 2.80 bits per heavy atom. The van der Waals surface area contributed by atoms with E-state index < -0.39 is 0 Å². The summed E-state index contributed by atoms with van der Waals surface area (Å²) in [6, 6.07) is 2.01. The molecule has 0 aromatic carbocycles. The number of aromatic nitrogens is 2. The van der Waals surface area contributed by atoms with Crippen LogP contribution in [0.15, 0.2) is 12.3 Å². The Labute approximate surface area is 96.8 Å². The number of hydrogen-bond donors (Lipinski definition) is 1. The standard InChI is InChI=1S/C11H20ClN3/c1-9(2)6-10(12)7-13-8-11-4-5-15(3)14-11/h4-5,9-10,13H,6-8H2,1-3H3. The number of aryl methyl sites for hydroxylation is 1. The topological polar surface area (TPSA) is 29.9 Å². The first-order valence-electron chi connectivity index (χ1n) is 5.41. The van der Waals surface area contributed by atoms with Gasteiger partial charge >= 0.3 is 0 Å². The third-order valence-electron chi connectivity index (χ3n) is 2.17. The summed E-state index contributed by atoms with van der Waals surface area (Å²) in [5.74, 6) is 0.657. The molecule has 0 spiro atoms. The molecule has 0 aliphatic heterocycles. The summed E-state index contributed by atoms with van der Waals surface area (Å²) in [7, 11) is 1.92. The summed E-state index contributed by atoms with van der Waals surface area (Å²) in [5, 5.41) is 7.81. The highest BCUT2D eigenvalue weighted by Crippen LogP contribution is 2.09. The summed E-state index contributed by atoms with van der Waals surface area (Å²) < 4.78 is 1.81. The van der Waals surface area contributed by atoms with Crippen LogP contribution in [0.5, 0.6) is 0 Å². The van der Waals surface area contributed by atoms with Crippen molar-refractivity contribution in [1.82, 2.24) is 15.1 Å². The monoisotopic (exact) mass is 229 g/mol. The van der Waals surface area contributed by atoms with Gasteiger partial charge in [-0.2, -0.15) is 5.10 Å². The lowest BCUT2D eigenvalue weighted by Gasteiger charge is -2.12. The number of rotatable bonds is 6. The molecule has 0 radical (unpaired) electrons. The smallest absolute Gasteiger partial charge is 0.0762 e. The highest BCUT2D eigenvalue weighted by Gasteiger charge is 2.06. The van der Waals surface area contributed by atoms with Crippen LogP contribution in [0, 0.1) is 5.92 Å². The molecule has 3 nitrogen and oxygen atoms in total.